The highest BCUT2D eigenvalue weighted by Gasteiger charge is 2.23. The summed E-state index contributed by atoms with van der Waals surface area (Å²) in [5, 5.41) is 6.71. The van der Waals surface area contributed by atoms with Crippen molar-refractivity contribution in [1.82, 2.24) is 4.98 Å². The van der Waals surface area contributed by atoms with Gasteiger partial charge in [-0.3, -0.25) is 0 Å². The minimum absolute atomic E-state index is 0.00627. The van der Waals surface area contributed by atoms with E-state index in [0.29, 0.717) is 11.7 Å². The third kappa shape index (κ3) is 2.78. The number of nitrogens with two attached hydrogens (primary N) is 1. The minimum atomic E-state index is 0.00627. The van der Waals surface area contributed by atoms with Crippen molar-refractivity contribution in [3.8, 4) is 0 Å². The molecule has 4 nitrogen and oxygen atoms in total. The van der Waals surface area contributed by atoms with Crippen LogP contribution in [0.4, 0.5) is 17.2 Å². The van der Waals surface area contributed by atoms with E-state index in [-0.39, 0.29) is 5.54 Å². The smallest absolute Gasteiger partial charge is 0.151 e. The molecule has 1 saturated carbocycles. The third-order valence-corrected chi connectivity index (χ3v) is 2.42. The Balaban J connectivity index is 2.18. The molecule has 1 aromatic heterocycles. The minimum Gasteiger partial charge on any atom is -0.394 e. The predicted octanol–water partition coefficient (Wildman–Crippen LogP) is 2.45. The summed E-state index contributed by atoms with van der Waals surface area (Å²) in [5.74, 6) is 0.803. The number of nitrogen functional groups attached to an aromatic ring is 1. The molecule has 0 saturated heterocycles. The van der Waals surface area contributed by atoms with Crippen molar-refractivity contribution in [2.75, 3.05) is 16.4 Å². The monoisotopic (exact) mass is 220 g/mol. The number of anilines is 3. The third-order valence-electron chi connectivity index (χ3n) is 2.42. The second-order valence-corrected chi connectivity index (χ2v) is 5.41. The number of hydrogen-bond acceptors (Lipinski definition) is 4. The fourth-order valence-electron chi connectivity index (χ4n) is 1.52. The normalized spacial score (nSPS) is 15.9. The predicted molar refractivity (Wildman–Crippen MR) is 68.7 cm³/mol. The van der Waals surface area contributed by atoms with Gasteiger partial charge in [-0.15, -0.1) is 0 Å². The molecule has 2 rings (SSSR count). The molecule has 1 heterocycles. The van der Waals surface area contributed by atoms with E-state index in [1.165, 1.54) is 12.8 Å². The number of hydrogen-bond donors (Lipinski definition) is 3. The molecular formula is C12H20N4. The first-order valence-electron chi connectivity index (χ1n) is 5.75. The molecule has 0 aliphatic heterocycles. The van der Waals surface area contributed by atoms with E-state index in [1.807, 2.05) is 6.07 Å². The van der Waals surface area contributed by atoms with E-state index < -0.39 is 0 Å². The van der Waals surface area contributed by atoms with Crippen LogP contribution in [0.1, 0.15) is 33.6 Å². The average molecular weight is 220 g/mol. The van der Waals surface area contributed by atoms with Gasteiger partial charge in [0.25, 0.3) is 0 Å². The van der Waals surface area contributed by atoms with E-state index in [1.54, 1.807) is 6.20 Å². The van der Waals surface area contributed by atoms with Crippen molar-refractivity contribution in [2.24, 2.45) is 0 Å². The number of nitrogens with zero attached hydrogens (tertiary/aromatic N) is 1. The Morgan fingerprint density at radius 3 is 2.62 bits per heavy atom. The van der Waals surface area contributed by atoms with Crippen molar-refractivity contribution in [3.63, 3.8) is 0 Å². The maximum atomic E-state index is 6.08. The van der Waals surface area contributed by atoms with Gasteiger partial charge in [0.15, 0.2) is 5.82 Å². The summed E-state index contributed by atoms with van der Waals surface area (Å²) in [6.07, 6.45) is 4.23. The first-order chi connectivity index (χ1) is 7.46. The average Bonchev–Trinajstić information content (AvgIpc) is 2.93. The molecule has 1 aliphatic carbocycles. The van der Waals surface area contributed by atoms with Gasteiger partial charge >= 0.3 is 0 Å². The van der Waals surface area contributed by atoms with Crippen molar-refractivity contribution >= 4 is 17.2 Å². The number of pyridine rings is 1. The van der Waals surface area contributed by atoms with Gasteiger partial charge in [-0.25, -0.2) is 4.98 Å². The van der Waals surface area contributed by atoms with Gasteiger partial charge in [-0.1, -0.05) is 0 Å². The topological polar surface area (TPSA) is 63.0 Å². The fraction of sp³-hybridized carbons (Fsp3) is 0.583. The molecule has 0 unspecified atom stereocenters. The van der Waals surface area contributed by atoms with Crippen molar-refractivity contribution < 1.29 is 0 Å². The standard InChI is InChI=1S/C12H20N4/c1-12(2,3)16-9-6-7-14-11(10(9)13)15-8-4-5-8/h6-8H,4-5,13H2,1-3H3,(H2,14,15,16). The highest BCUT2D eigenvalue weighted by atomic mass is 15.1. The first-order valence-corrected chi connectivity index (χ1v) is 5.75. The van der Waals surface area contributed by atoms with Crippen LogP contribution < -0.4 is 16.4 Å². The lowest BCUT2D eigenvalue weighted by Gasteiger charge is -2.24. The summed E-state index contributed by atoms with van der Waals surface area (Å²) in [7, 11) is 0. The molecule has 1 aliphatic rings. The van der Waals surface area contributed by atoms with Gasteiger partial charge in [-0.05, 0) is 39.7 Å². The molecule has 1 aromatic rings. The Labute approximate surface area is 96.6 Å². The highest BCUT2D eigenvalue weighted by Crippen LogP contribution is 2.31. The molecule has 0 spiro atoms. The maximum Gasteiger partial charge on any atom is 0.151 e. The van der Waals surface area contributed by atoms with Crippen molar-refractivity contribution in [2.45, 2.75) is 45.2 Å². The van der Waals surface area contributed by atoms with Crippen LogP contribution >= 0.6 is 0 Å². The zero-order chi connectivity index (χ0) is 11.8. The van der Waals surface area contributed by atoms with Crippen LogP contribution in [0, 0.1) is 0 Å². The molecule has 0 amide bonds. The molecule has 0 radical (unpaired) electrons. The summed E-state index contributed by atoms with van der Waals surface area (Å²) in [5.41, 5.74) is 7.75. The van der Waals surface area contributed by atoms with Crippen LogP contribution in [0.15, 0.2) is 12.3 Å². The summed E-state index contributed by atoms with van der Waals surface area (Å²) in [6, 6.07) is 2.48. The van der Waals surface area contributed by atoms with Gasteiger partial charge in [0.2, 0.25) is 0 Å². The van der Waals surface area contributed by atoms with E-state index in [0.717, 1.165) is 11.5 Å². The second kappa shape index (κ2) is 3.85. The maximum absolute atomic E-state index is 6.08. The van der Waals surface area contributed by atoms with Gasteiger partial charge in [-0.2, -0.15) is 0 Å². The van der Waals surface area contributed by atoms with Crippen LogP contribution in [-0.2, 0) is 0 Å². The summed E-state index contributed by atoms with van der Waals surface area (Å²) < 4.78 is 0. The van der Waals surface area contributed by atoms with Gasteiger partial charge < -0.3 is 16.4 Å². The molecule has 88 valence electrons. The molecule has 4 heteroatoms. The SMILES string of the molecule is CC(C)(C)Nc1ccnc(NC2CC2)c1N. The number of nitrogens with one attached hydrogen (secondary N) is 2. The van der Waals surface area contributed by atoms with Crippen LogP contribution in [0.2, 0.25) is 0 Å². The fourth-order valence-corrected chi connectivity index (χ4v) is 1.52. The van der Waals surface area contributed by atoms with E-state index in [4.69, 9.17) is 5.73 Å². The summed E-state index contributed by atoms with van der Waals surface area (Å²) in [6.45, 7) is 6.34. The quantitative estimate of drug-likeness (QED) is 0.732. The highest BCUT2D eigenvalue weighted by molar-refractivity contribution is 5.77. The van der Waals surface area contributed by atoms with Crippen molar-refractivity contribution in [3.05, 3.63) is 12.3 Å². The lowest BCUT2D eigenvalue weighted by molar-refractivity contribution is 0.634. The van der Waals surface area contributed by atoms with Crippen molar-refractivity contribution in [1.29, 1.82) is 0 Å². The summed E-state index contributed by atoms with van der Waals surface area (Å²) >= 11 is 0. The van der Waals surface area contributed by atoms with E-state index >= 15 is 0 Å². The van der Waals surface area contributed by atoms with Gasteiger partial charge in [0, 0.05) is 17.8 Å². The molecule has 0 bridgehead atoms. The zero-order valence-electron chi connectivity index (χ0n) is 10.2. The van der Waals surface area contributed by atoms with Crippen LogP contribution in [0.3, 0.4) is 0 Å². The Bertz CT molecular complexity index is 377. The molecule has 4 N–H and O–H groups in total. The van der Waals surface area contributed by atoms with Gasteiger partial charge in [0.1, 0.15) is 0 Å². The molecular weight excluding hydrogens is 200 g/mol. The first kappa shape index (κ1) is 11.0. The van der Waals surface area contributed by atoms with Crippen LogP contribution in [0.25, 0.3) is 0 Å². The second-order valence-electron chi connectivity index (χ2n) is 5.41. The number of rotatable bonds is 3. The molecule has 0 aromatic carbocycles. The Morgan fingerprint density at radius 2 is 2.06 bits per heavy atom. The zero-order valence-corrected chi connectivity index (χ0v) is 10.2. The van der Waals surface area contributed by atoms with Crippen LogP contribution in [0.5, 0.6) is 0 Å². The Morgan fingerprint density at radius 1 is 1.38 bits per heavy atom. The van der Waals surface area contributed by atoms with E-state index in [9.17, 15) is 0 Å². The molecule has 1 fully saturated rings. The summed E-state index contributed by atoms with van der Waals surface area (Å²) in [4.78, 5) is 4.27. The largest absolute Gasteiger partial charge is 0.394 e. The Hall–Kier alpha value is -1.45. The number of aromatic nitrogens is 1. The van der Waals surface area contributed by atoms with Gasteiger partial charge in [0.05, 0.1) is 11.4 Å². The van der Waals surface area contributed by atoms with Crippen LogP contribution in [-0.4, -0.2) is 16.6 Å². The Kier molecular flexibility index (Phi) is 2.66. The molecule has 16 heavy (non-hydrogen) atoms. The molecule has 0 atom stereocenters. The lowest BCUT2D eigenvalue weighted by Crippen LogP contribution is -2.27. The van der Waals surface area contributed by atoms with E-state index in [2.05, 4.69) is 36.4 Å². The lowest BCUT2D eigenvalue weighted by atomic mass is 10.1.